The van der Waals surface area contributed by atoms with E-state index in [2.05, 4.69) is 23.5 Å². The van der Waals surface area contributed by atoms with Crippen LogP contribution in [-0.4, -0.2) is 46.4 Å². The average Bonchev–Trinajstić information content (AvgIpc) is 2.90. The number of hydrogen-bond acceptors (Lipinski definition) is 5. The van der Waals surface area contributed by atoms with Crippen LogP contribution in [0.3, 0.4) is 0 Å². The monoisotopic (exact) mass is 574 g/mol. The Morgan fingerprint density at radius 3 is 2.58 bits per heavy atom. The molecular weight excluding hydrogens is 541 g/mol. The highest BCUT2D eigenvalue weighted by atomic mass is 32.2. The first-order chi connectivity index (χ1) is 19.0. The molecule has 0 amide bonds. The molecule has 3 aromatic rings. The molecule has 3 aromatic carbocycles. The molecule has 0 N–H and O–H groups in total. The van der Waals surface area contributed by atoms with Gasteiger partial charge in [-0.25, -0.2) is 12.8 Å². The van der Waals surface area contributed by atoms with Crippen molar-refractivity contribution in [2.24, 2.45) is 0 Å². The zero-order chi connectivity index (χ0) is 28.7. The molecule has 1 saturated heterocycles. The normalized spacial score (nSPS) is 20.8. The summed E-state index contributed by atoms with van der Waals surface area (Å²) in [6.45, 7) is 4.41. The van der Waals surface area contributed by atoms with Gasteiger partial charge in [-0.1, -0.05) is 25.1 Å². The number of fused-ring (bicyclic) bond motifs is 3. The van der Waals surface area contributed by atoms with Gasteiger partial charge >= 0.3 is 6.61 Å². The molecular formula is C30H33F3N2O4S. The summed E-state index contributed by atoms with van der Waals surface area (Å²) in [6.07, 6.45) is 2.34. The number of piperidine rings is 1. The van der Waals surface area contributed by atoms with E-state index in [1.54, 1.807) is 30.3 Å². The number of aryl methyl sites for hydroxylation is 1. The summed E-state index contributed by atoms with van der Waals surface area (Å²) in [6, 6.07) is 15.3. The van der Waals surface area contributed by atoms with Gasteiger partial charge in [-0.2, -0.15) is 8.78 Å². The maximum absolute atomic E-state index is 14.4. The first-order valence-electron chi connectivity index (χ1n) is 13.4. The number of rotatable bonds is 8. The highest BCUT2D eigenvalue weighted by molar-refractivity contribution is 7.92. The van der Waals surface area contributed by atoms with E-state index in [-0.39, 0.29) is 28.8 Å². The molecule has 2 aliphatic heterocycles. The second kappa shape index (κ2) is 11.0. The van der Waals surface area contributed by atoms with Gasteiger partial charge in [0.25, 0.3) is 10.0 Å². The van der Waals surface area contributed by atoms with Gasteiger partial charge in [0.1, 0.15) is 11.6 Å². The van der Waals surface area contributed by atoms with Crippen molar-refractivity contribution in [1.82, 2.24) is 0 Å². The van der Waals surface area contributed by atoms with Crippen LogP contribution >= 0.6 is 0 Å². The average molecular weight is 575 g/mol. The van der Waals surface area contributed by atoms with E-state index in [0.717, 1.165) is 30.2 Å². The van der Waals surface area contributed by atoms with E-state index in [1.807, 2.05) is 19.1 Å². The van der Waals surface area contributed by atoms with Crippen molar-refractivity contribution in [3.8, 4) is 16.9 Å². The third-order valence-corrected chi connectivity index (χ3v) is 9.36. The molecule has 0 bridgehead atoms. The highest BCUT2D eigenvalue weighted by Gasteiger charge is 2.44. The topological polar surface area (TPSA) is 59.1 Å². The number of benzene rings is 3. The standard InChI is InChI=1S/C30H33F3N2O4S/c1-4-12-38-30(3)10-11-34-24(18-30)19-35(40(36,37)26-7-5-6-20(2)13-26)28-16-21(8-9-27(28)34)22-14-23(31)17-25(15-22)39-29(32)33/h5-9,13-17,24,29H,4,10-12,18-19H2,1-3H3/t24-,30+/m0/s1. The third kappa shape index (κ3) is 5.65. The van der Waals surface area contributed by atoms with Crippen molar-refractivity contribution in [1.29, 1.82) is 0 Å². The molecule has 6 nitrogen and oxygen atoms in total. The molecule has 40 heavy (non-hydrogen) atoms. The lowest BCUT2D eigenvalue weighted by atomic mass is 9.85. The highest BCUT2D eigenvalue weighted by Crippen LogP contribution is 2.45. The van der Waals surface area contributed by atoms with E-state index < -0.39 is 22.5 Å². The molecule has 2 aliphatic rings. The maximum Gasteiger partial charge on any atom is 0.387 e. The molecule has 0 radical (unpaired) electrons. The van der Waals surface area contributed by atoms with Crippen LogP contribution in [0.15, 0.2) is 65.6 Å². The van der Waals surface area contributed by atoms with E-state index in [1.165, 1.54) is 16.4 Å². The largest absolute Gasteiger partial charge is 0.435 e. The molecule has 10 heteroatoms. The van der Waals surface area contributed by atoms with Gasteiger partial charge < -0.3 is 14.4 Å². The third-order valence-electron chi connectivity index (χ3n) is 7.58. The molecule has 0 aromatic heterocycles. The van der Waals surface area contributed by atoms with Crippen molar-refractivity contribution in [2.45, 2.75) is 63.2 Å². The quantitative estimate of drug-likeness (QED) is 0.297. The summed E-state index contributed by atoms with van der Waals surface area (Å²) >= 11 is 0. The fraction of sp³-hybridized carbons (Fsp3) is 0.400. The molecule has 0 saturated carbocycles. The number of alkyl halides is 2. The van der Waals surface area contributed by atoms with Gasteiger partial charge in [0.15, 0.2) is 0 Å². The van der Waals surface area contributed by atoms with Crippen molar-refractivity contribution in [2.75, 3.05) is 28.9 Å². The number of ether oxygens (including phenoxy) is 2. The van der Waals surface area contributed by atoms with Gasteiger partial charge in [-0.05, 0) is 86.2 Å². The number of anilines is 2. The van der Waals surface area contributed by atoms with Crippen LogP contribution in [0, 0.1) is 12.7 Å². The first-order valence-corrected chi connectivity index (χ1v) is 14.8. The minimum atomic E-state index is -3.97. The summed E-state index contributed by atoms with van der Waals surface area (Å²) in [4.78, 5) is 2.39. The Kier molecular flexibility index (Phi) is 7.76. The van der Waals surface area contributed by atoms with E-state index in [0.29, 0.717) is 36.4 Å². The summed E-state index contributed by atoms with van der Waals surface area (Å²) in [5.74, 6) is -1.05. The van der Waals surface area contributed by atoms with Crippen LogP contribution in [0.4, 0.5) is 24.5 Å². The summed E-state index contributed by atoms with van der Waals surface area (Å²) in [5, 5.41) is 0. The van der Waals surface area contributed by atoms with Crippen LogP contribution < -0.4 is 13.9 Å². The van der Waals surface area contributed by atoms with Gasteiger partial charge in [0, 0.05) is 19.2 Å². The zero-order valence-electron chi connectivity index (χ0n) is 22.7. The second-order valence-electron chi connectivity index (χ2n) is 10.7. The van der Waals surface area contributed by atoms with Gasteiger partial charge in [-0.15, -0.1) is 0 Å². The molecule has 0 unspecified atom stereocenters. The Hall–Kier alpha value is -3.24. The molecule has 2 atom stereocenters. The molecule has 0 aliphatic carbocycles. The number of nitrogens with zero attached hydrogens (tertiary/aromatic N) is 2. The predicted molar refractivity (Wildman–Crippen MR) is 149 cm³/mol. The predicted octanol–water partition coefficient (Wildman–Crippen LogP) is 6.77. The fourth-order valence-electron chi connectivity index (χ4n) is 5.68. The lowest BCUT2D eigenvalue weighted by Crippen LogP contribution is -2.58. The SMILES string of the molecule is CCCO[C@]1(C)CCN2c3ccc(-c4cc(F)cc(OC(F)F)c4)cc3N(S(=O)(=O)c3cccc(C)c3)C[C@@H]2C1. The smallest absolute Gasteiger partial charge is 0.387 e. The van der Waals surface area contributed by atoms with Crippen molar-refractivity contribution in [3.63, 3.8) is 0 Å². The van der Waals surface area contributed by atoms with Gasteiger partial charge in [0.05, 0.1) is 34.5 Å². The Morgan fingerprint density at radius 2 is 1.85 bits per heavy atom. The minimum absolute atomic E-state index is 0.117. The molecule has 2 heterocycles. The van der Waals surface area contributed by atoms with Crippen LogP contribution in [0.5, 0.6) is 5.75 Å². The Balaban J connectivity index is 1.61. The summed E-state index contributed by atoms with van der Waals surface area (Å²) in [7, 11) is -3.97. The van der Waals surface area contributed by atoms with E-state index >= 15 is 0 Å². The van der Waals surface area contributed by atoms with Crippen LogP contribution in [0.25, 0.3) is 11.1 Å². The summed E-state index contributed by atoms with van der Waals surface area (Å²) in [5.41, 5.74) is 2.43. The Bertz CT molecular complexity index is 1500. The first kappa shape index (κ1) is 28.3. The number of sulfonamides is 1. The summed E-state index contributed by atoms with van der Waals surface area (Å²) < 4.78 is 80.3. The minimum Gasteiger partial charge on any atom is -0.435 e. The van der Waals surface area contributed by atoms with Gasteiger partial charge in [0.2, 0.25) is 0 Å². The van der Waals surface area contributed by atoms with Crippen molar-refractivity contribution < 1.29 is 31.1 Å². The molecule has 214 valence electrons. The zero-order valence-corrected chi connectivity index (χ0v) is 23.6. The van der Waals surface area contributed by atoms with Crippen molar-refractivity contribution in [3.05, 3.63) is 72.0 Å². The molecule has 0 spiro atoms. The van der Waals surface area contributed by atoms with Gasteiger partial charge in [-0.3, -0.25) is 4.31 Å². The number of halogens is 3. The van der Waals surface area contributed by atoms with Crippen molar-refractivity contribution >= 4 is 21.4 Å². The second-order valence-corrected chi connectivity index (χ2v) is 12.6. The lowest BCUT2D eigenvalue weighted by molar-refractivity contribution is -0.0552. The lowest BCUT2D eigenvalue weighted by Gasteiger charge is -2.51. The van der Waals surface area contributed by atoms with Crippen LogP contribution in [0.2, 0.25) is 0 Å². The van der Waals surface area contributed by atoms with E-state index in [9.17, 15) is 21.6 Å². The van der Waals surface area contributed by atoms with Crippen LogP contribution in [0.1, 0.15) is 38.7 Å². The Morgan fingerprint density at radius 1 is 1.05 bits per heavy atom. The maximum atomic E-state index is 14.4. The van der Waals surface area contributed by atoms with Crippen LogP contribution in [-0.2, 0) is 14.8 Å². The number of hydrogen-bond donors (Lipinski definition) is 0. The molecule has 5 rings (SSSR count). The van der Waals surface area contributed by atoms with E-state index in [4.69, 9.17) is 4.74 Å². The fourth-order valence-corrected chi connectivity index (χ4v) is 7.29. The Labute approximate surface area is 233 Å². The molecule has 1 fully saturated rings.